The van der Waals surface area contributed by atoms with Crippen molar-refractivity contribution in [3.8, 4) is 5.75 Å². The molecular weight excluding hydrogens is 318 g/mol. The van der Waals surface area contributed by atoms with Crippen LogP contribution in [-0.2, 0) is 16.1 Å². The first kappa shape index (κ1) is 17.0. The maximum absolute atomic E-state index is 12.5. The maximum Gasteiger partial charge on any atom is 0.240 e. The molecular formula is C19H21N3O3. The molecule has 1 aromatic heterocycles. The second-order valence-corrected chi connectivity index (χ2v) is 6.03. The molecule has 1 aliphatic rings. The molecule has 0 saturated heterocycles. The third kappa shape index (κ3) is 3.96. The maximum atomic E-state index is 12.5. The van der Waals surface area contributed by atoms with Gasteiger partial charge in [0.05, 0.1) is 6.61 Å². The number of nitrogens with zero attached hydrogens (tertiary/aromatic N) is 1. The Bertz CT molecular complexity index is 740. The first-order chi connectivity index (χ1) is 12.1. The molecule has 6 nitrogen and oxygen atoms in total. The van der Waals surface area contributed by atoms with Gasteiger partial charge in [-0.2, -0.15) is 0 Å². The van der Waals surface area contributed by atoms with Crippen molar-refractivity contribution in [3.05, 3.63) is 54.4 Å². The third-order valence-electron chi connectivity index (χ3n) is 4.24. The van der Waals surface area contributed by atoms with Crippen LogP contribution in [0, 0.1) is 5.41 Å². The molecule has 1 saturated carbocycles. The zero-order valence-corrected chi connectivity index (χ0v) is 14.1. The lowest BCUT2D eigenvalue weighted by Crippen LogP contribution is -2.39. The molecule has 1 aliphatic carbocycles. The number of carbonyl (C=O) groups excluding carboxylic acids is 2. The third-order valence-corrected chi connectivity index (χ3v) is 4.24. The number of anilines is 1. The molecule has 1 aromatic carbocycles. The molecule has 0 atom stereocenters. The van der Waals surface area contributed by atoms with Crippen LogP contribution in [0.3, 0.4) is 0 Å². The molecule has 0 bridgehead atoms. The van der Waals surface area contributed by atoms with Crippen molar-refractivity contribution >= 4 is 17.5 Å². The number of hydrogen-bond acceptors (Lipinski definition) is 4. The van der Waals surface area contributed by atoms with Crippen LogP contribution in [-0.4, -0.2) is 23.4 Å². The Labute approximate surface area is 146 Å². The summed E-state index contributed by atoms with van der Waals surface area (Å²) >= 11 is 0. The minimum absolute atomic E-state index is 0.229. The van der Waals surface area contributed by atoms with E-state index in [1.54, 1.807) is 36.7 Å². The normalized spacial score (nSPS) is 14.4. The van der Waals surface area contributed by atoms with Gasteiger partial charge in [0.2, 0.25) is 11.8 Å². The topological polar surface area (TPSA) is 80.3 Å². The van der Waals surface area contributed by atoms with Gasteiger partial charge >= 0.3 is 0 Å². The summed E-state index contributed by atoms with van der Waals surface area (Å²) in [5, 5.41) is 5.67. The summed E-state index contributed by atoms with van der Waals surface area (Å²) in [4.78, 5) is 29.0. The molecule has 25 heavy (non-hydrogen) atoms. The van der Waals surface area contributed by atoms with E-state index in [0.29, 0.717) is 31.7 Å². The van der Waals surface area contributed by atoms with E-state index < -0.39 is 5.41 Å². The van der Waals surface area contributed by atoms with E-state index in [9.17, 15) is 9.59 Å². The van der Waals surface area contributed by atoms with Gasteiger partial charge in [0.1, 0.15) is 11.2 Å². The predicted molar refractivity (Wildman–Crippen MR) is 94.0 cm³/mol. The molecule has 130 valence electrons. The summed E-state index contributed by atoms with van der Waals surface area (Å²) < 4.78 is 5.38. The fourth-order valence-corrected chi connectivity index (χ4v) is 2.59. The quantitative estimate of drug-likeness (QED) is 0.760. The zero-order valence-electron chi connectivity index (χ0n) is 14.1. The number of carbonyl (C=O) groups is 2. The van der Waals surface area contributed by atoms with E-state index in [-0.39, 0.29) is 11.8 Å². The van der Waals surface area contributed by atoms with Crippen molar-refractivity contribution in [3.63, 3.8) is 0 Å². The summed E-state index contributed by atoms with van der Waals surface area (Å²) in [6.07, 6.45) is 4.48. The van der Waals surface area contributed by atoms with Gasteiger partial charge in [-0.25, -0.2) is 0 Å². The van der Waals surface area contributed by atoms with E-state index in [2.05, 4.69) is 15.6 Å². The number of rotatable bonds is 7. The first-order valence-corrected chi connectivity index (χ1v) is 8.35. The van der Waals surface area contributed by atoms with E-state index in [1.807, 2.05) is 19.1 Å². The Morgan fingerprint density at radius 1 is 1.08 bits per heavy atom. The number of ether oxygens (including phenoxy) is 1. The van der Waals surface area contributed by atoms with Crippen LogP contribution in [0.2, 0.25) is 0 Å². The van der Waals surface area contributed by atoms with Crippen LogP contribution in [0.5, 0.6) is 5.75 Å². The smallest absolute Gasteiger partial charge is 0.240 e. The summed E-state index contributed by atoms with van der Waals surface area (Å²) in [5.41, 5.74) is 0.652. The molecule has 0 spiro atoms. The van der Waals surface area contributed by atoms with Crippen molar-refractivity contribution < 1.29 is 14.3 Å². The molecule has 1 heterocycles. The SMILES string of the molecule is CCOc1ccc(NC(=O)C2(C(=O)NCc3ccncc3)CC2)cc1. The van der Waals surface area contributed by atoms with Gasteiger partial charge < -0.3 is 15.4 Å². The highest BCUT2D eigenvalue weighted by Crippen LogP contribution is 2.46. The lowest BCUT2D eigenvalue weighted by molar-refractivity contribution is -0.134. The summed E-state index contributed by atoms with van der Waals surface area (Å²) in [5.74, 6) is 0.258. The Morgan fingerprint density at radius 2 is 1.76 bits per heavy atom. The minimum atomic E-state index is -0.953. The average Bonchev–Trinajstić information content (AvgIpc) is 3.44. The molecule has 1 fully saturated rings. The second-order valence-electron chi connectivity index (χ2n) is 6.03. The van der Waals surface area contributed by atoms with Crippen LogP contribution in [0.1, 0.15) is 25.3 Å². The minimum Gasteiger partial charge on any atom is -0.494 e. The lowest BCUT2D eigenvalue weighted by atomic mass is 10.0. The fourth-order valence-electron chi connectivity index (χ4n) is 2.59. The summed E-state index contributed by atoms with van der Waals surface area (Å²) in [6, 6.07) is 10.8. The highest BCUT2D eigenvalue weighted by molar-refractivity contribution is 6.13. The standard InChI is InChI=1S/C19H21N3O3/c1-2-25-16-5-3-15(4-6-16)22-18(24)19(9-10-19)17(23)21-13-14-7-11-20-12-8-14/h3-8,11-12H,2,9-10,13H2,1H3,(H,21,23)(H,22,24). The van der Waals surface area contributed by atoms with Gasteiger partial charge in [0.25, 0.3) is 0 Å². The summed E-state index contributed by atoms with van der Waals surface area (Å²) in [6.45, 7) is 2.89. The monoisotopic (exact) mass is 339 g/mol. The van der Waals surface area contributed by atoms with Crippen molar-refractivity contribution in [1.29, 1.82) is 0 Å². The molecule has 6 heteroatoms. The average molecular weight is 339 g/mol. The molecule has 2 amide bonds. The van der Waals surface area contributed by atoms with Crippen LogP contribution >= 0.6 is 0 Å². The highest BCUT2D eigenvalue weighted by atomic mass is 16.5. The Balaban J connectivity index is 1.58. The van der Waals surface area contributed by atoms with Crippen LogP contribution < -0.4 is 15.4 Å². The number of hydrogen-bond donors (Lipinski definition) is 2. The van der Waals surface area contributed by atoms with E-state index in [4.69, 9.17) is 4.74 Å². The molecule has 2 N–H and O–H groups in total. The zero-order chi connectivity index (χ0) is 17.7. The number of pyridine rings is 1. The van der Waals surface area contributed by atoms with Crippen LogP contribution in [0.15, 0.2) is 48.8 Å². The molecule has 0 unspecified atom stereocenters. The van der Waals surface area contributed by atoms with Gasteiger partial charge in [-0.05, 0) is 61.7 Å². The number of amides is 2. The highest BCUT2D eigenvalue weighted by Gasteiger charge is 2.56. The van der Waals surface area contributed by atoms with Crippen molar-refractivity contribution in [2.24, 2.45) is 5.41 Å². The fraction of sp³-hybridized carbons (Fsp3) is 0.316. The number of nitrogens with one attached hydrogen (secondary N) is 2. The van der Waals surface area contributed by atoms with E-state index in [0.717, 1.165) is 11.3 Å². The van der Waals surface area contributed by atoms with E-state index >= 15 is 0 Å². The molecule has 0 aliphatic heterocycles. The summed E-state index contributed by atoms with van der Waals surface area (Å²) in [7, 11) is 0. The van der Waals surface area contributed by atoms with Gasteiger partial charge in [-0.15, -0.1) is 0 Å². The molecule has 3 rings (SSSR count). The predicted octanol–water partition coefficient (Wildman–Crippen LogP) is 2.52. The van der Waals surface area contributed by atoms with Gasteiger partial charge in [0, 0.05) is 24.6 Å². The Morgan fingerprint density at radius 3 is 2.36 bits per heavy atom. The van der Waals surface area contributed by atoms with Crippen molar-refractivity contribution in [2.45, 2.75) is 26.3 Å². The molecule has 2 aromatic rings. The lowest BCUT2D eigenvalue weighted by Gasteiger charge is -2.15. The Kier molecular flexibility index (Phi) is 4.97. The van der Waals surface area contributed by atoms with Crippen LogP contribution in [0.4, 0.5) is 5.69 Å². The first-order valence-electron chi connectivity index (χ1n) is 8.35. The van der Waals surface area contributed by atoms with Gasteiger partial charge in [0.15, 0.2) is 0 Å². The van der Waals surface area contributed by atoms with E-state index in [1.165, 1.54) is 0 Å². The number of aromatic nitrogens is 1. The van der Waals surface area contributed by atoms with Crippen LogP contribution in [0.25, 0.3) is 0 Å². The largest absolute Gasteiger partial charge is 0.494 e. The van der Waals surface area contributed by atoms with Crippen molar-refractivity contribution in [2.75, 3.05) is 11.9 Å². The van der Waals surface area contributed by atoms with Gasteiger partial charge in [-0.1, -0.05) is 0 Å². The Hall–Kier alpha value is -2.89. The molecule has 0 radical (unpaired) electrons. The van der Waals surface area contributed by atoms with Crippen molar-refractivity contribution in [1.82, 2.24) is 10.3 Å². The second kappa shape index (κ2) is 7.34. The van der Waals surface area contributed by atoms with Gasteiger partial charge in [-0.3, -0.25) is 14.6 Å². The number of benzene rings is 1.